The zero-order chi connectivity index (χ0) is 16.1. The molecule has 6 nitrogen and oxygen atoms in total. The molecule has 2 amide bonds. The van der Waals surface area contributed by atoms with E-state index in [-0.39, 0.29) is 17.7 Å². The zero-order valence-electron chi connectivity index (χ0n) is 12.8. The summed E-state index contributed by atoms with van der Waals surface area (Å²) in [4.78, 5) is 24.1. The summed E-state index contributed by atoms with van der Waals surface area (Å²) in [6.45, 7) is 5.68. The number of aryl methyl sites for hydroxylation is 1. The molecule has 0 aliphatic rings. The number of nitrogens with zero attached hydrogens (tertiary/aromatic N) is 1. The number of hydrogen-bond acceptors (Lipinski definition) is 4. The predicted octanol–water partition coefficient (Wildman–Crippen LogP) is 2.76. The highest BCUT2D eigenvalue weighted by Crippen LogP contribution is 2.13. The standard InChI is InChI=1S/C16H19N3O3/c1-4-10(2)17-15(20)12-6-5-7-13(9-12)18-16(21)14-8-11(3)19-22-14/h5-10H,4H2,1-3H3,(H,17,20)(H,18,21). The summed E-state index contributed by atoms with van der Waals surface area (Å²) in [7, 11) is 0. The van der Waals surface area contributed by atoms with Crippen molar-refractivity contribution >= 4 is 17.5 Å². The van der Waals surface area contributed by atoms with Crippen LogP contribution in [0, 0.1) is 6.92 Å². The molecular formula is C16H19N3O3. The monoisotopic (exact) mass is 301 g/mol. The van der Waals surface area contributed by atoms with Crippen molar-refractivity contribution in [2.24, 2.45) is 0 Å². The van der Waals surface area contributed by atoms with Gasteiger partial charge in [0.15, 0.2) is 0 Å². The molecule has 0 fully saturated rings. The number of amides is 2. The Balaban J connectivity index is 2.08. The van der Waals surface area contributed by atoms with Crippen molar-refractivity contribution in [3.63, 3.8) is 0 Å². The smallest absolute Gasteiger partial charge is 0.294 e. The van der Waals surface area contributed by atoms with E-state index >= 15 is 0 Å². The Labute approximate surface area is 128 Å². The van der Waals surface area contributed by atoms with Crippen LogP contribution in [-0.4, -0.2) is 23.0 Å². The van der Waals surface area contributed by atoms with Gasteiger partial charge in [-0.15, -0.1) is 0 Å². The lowest BCUT2D eigenvalue weighted by molar-refractivity contribution is 0.0937. The number of carbonyl (C=O) groups is 2. The van der Waals surface area contributed by atoms with Crippen LogP contribution >= 0.6 is 0 Å². The van der Waals surface area contributed by atoms with E-state index in [4.69, 9.17) is 4.52 Å². The summed E-state index contributed by atoms with van der Waals surface area (Å²) < 4.78 is 4.90. The highest BCUT2D eigenvalue weighted by Gasteiger charge is 2.13. The van der Waals surface area contributed by atoms with Crippen LogP contribution in [0.2, 0.25) is 0 Å². The fraction of sp³-hybridized carbons (Fsp3) is 0.312. The van der Waals surface area contributed by atoms with Gasteiger partial charge in [0, 0.05) is 23.4 Å². The number of carbonyl (C=O) groups excluding carboxylic acids is 2. The molecule has 0 radical (unpaired) electrons. The number of anilines is 1. The molecule has 2 aromatic rings. The highest BCUT2D eigenvalue weighted by molar-refractivity contribution is 6.03. The van der Waals surface area contributed by atoms with Crippen molar-refractivity contribution in [1.29, 1.82) is 0 Å². The molecule has 1 heterocycles. The molecule has 116 valence electrons. The van der Waals surface area contributed by atoms with E-state index in [1.807, 2.05) is 13.8 Å². The third-order valence-electron chi connectivity index (χ3n) is 3.22. The topological polar surface area (TPSA) is 84.2 Å². The summed E-state index contributed by atoms with van der Waals surface area (Å²) in [5, 5.41) is 9.23. The lowest BCUT2D eigenvalue weighted by atomic mass is 10.1. The van der Waals surface area contributed by atoms with E-state index in [9.17, 15) is 9.59 Å². The molecule has 22 heavy (non-hydrogen) atoms. The van der Waals surface area contributed by atoms with Crippen molar-refractivity contribution in [3.8, 4) is 0 Å². The number of nitrogens with one attached hydrogen (secondary N) is 2. The van der Waals surface area contributed by atoms with E-state index in [1.54, 1.807) is 37.3 Å². The SMILES string of the molecule is CCC(C)NC(=O)c1cccc(NC(=O)c2cc(C)no2)c1. The summed E-state index contributed by atoms with van der Waals surface area (Å²) in [6, 6.07) is 8.40. The molecule has 0 aliphatic carbocycles. The minimum Gasteiger partial charge on any atom is -0.351 e. The molecule has 0 bridgehead atoms. The Kier molecular flexibility index (Phi) is 4.93. The lowest BCUT2D eigenvalue weighted by Gasteiger charge is -2.12. The second-order valence-corrected chi connectivity index (χ2v) is 5.15. The Morgan fingerprint density at radius 2 is 2.05 bits per heavy atom. The van der Waals surface area contributed by atoms with Crippen molar-refractivity contribution in [2.45, 2.75) is 33.2 Å². The van der Waals surface area contributed by atoms with E-state index in [1.165, 1.54) is 0 Å². The fourth-order valence-electron chi connectivity index (χ4n) is 1.81. The first-order valence-corrected chi connectivity index (χ1v) is 7.15. The maximum absolute atomic E-state index is 12.1. The predicted molar refractivity (Wildman–Crippen MR) is 82.9 cm³/mol. The van der Waals surface area contributed by atoms with Gasteiger partial charge in [0.25, 0.3) is 11.8 Å². The molecule has 1 aromatic carbocycles. The maximum Gasteiger partial charge on any atom is 0.294 e. The van der Waals surface area contributed by atoms with Crippen LogP contribution in [0.15, 0.2) is 34.9 Å². The van der Waals surface area contributed by atoms with Crippen molar-refractivity contribution < 1.29 is 14.1 Å². The molecule has 6 heteroatoms. The molecule has 2 N–H and O–H groups in total. The second-order valence-electron chi connectivity index (χ2n) is 5.15. The van der Waals surface area contributed by atoms with Gasteiger partial charge in [0.1, 0.15) is 0 Å². The Hall–Kier alpha value is -2.63. The van der Waals surface area contributed by atoms with Gasteiger partial charge in [-0.25, -0.2) is 0 Å². The van der Waals surface area contributed by atoms with Gasteiger partial charge >= 0.3 is 0 Å². The van der Waals surface area contributed by atoms with Gasteiger partial charge in [-0.3, -0.25) is 9.59 Å². The summed E-state index contributed by atoms with van der Waals surface area (Å²) in [6.07, 6.45) is 0.854. The first kappa shape index (κ1) is 15.8. The van der Waals surface area contributed by atoms with Crippen LogP contribution in [0.4, 0.5) is 5.69 Å². The molecule has 1 unspecified atom stereocenters. The number of aromatic nitrogens is 1. The molecule has 0 aliphatic heterocycles. The number of benzene rings is 1. The van der Waals surface area contributed by atoms with Gasteiger partial charge in [-0.2, -0.15) is 0 Å². The van der Waals surface area contributed by atoms with Gasteiger partial charge in [0.05, 0.1) is 5.69 Å². The first-order chi connectivity index (χ1) is 10.5. The third-order valence-corrected chi connectivity index (χ3v) is 3.22. The van der Waals surface area contributed by atoms with Gasteiger partial charge in [-0.05, 0) is 38.5 Å². The summed E-state index contributed by atoms with van der Waals surface area (Å²) in [5.74, 6) is -0.437. The van der Waals surface area contributed by atoms with Crippen LogP contribution in [0.3, 0.4) is 0 Å². The zero-order valence-corrected chi connectivity index (χ0v) is 12.8. The van der Waals surface area contributed by atoms with E-state index < -0.39 is 5.91 Å². The molecule has 0 spiro atoms. The van der Waals surface area contributed by atoms with Gasteiger partial charge in [0.2, 0.25) is 5.76 Å². The normalized spacial score (nSPS) is 11.8. The summed E-state index contributed by atoms with van der Waals surface area (Å²) >= 11 is 0. The molecule has 0 saturated carbocycles. The van der Waals surface area contributed by atoms with Gasteiger partial charge in [-0.1, -0.05) is 18.1 Å². The van der Waals surface area contributed by atoms with E-state index in [2.05, 4.69) is 15.8 Å². The van der Waals surface area contributed by atoms with Crippen LogP contribution in [0.25, 0.3) is 0 Å². The largest absolute Gasteiger partial charge is 0.351 e. The Bertz CT molecular complexity index is 679. The van der Waals surface area contributed by atoms with Crippen LogP contribution in [0.1, 0.15) is 46.9 Å². The number of hydrogen-bond donors (Lipinski definition) is 2. The molecule has 1 atom stereocenters. The molecule has 0 saturated heterocycles. The second kappa shape index (κ2) is 6.89. The lowest BCUT2D eigenvalue weighted by Crippen LogP contribution is -2.31. The maximum atomic E-state index is 12.1. The average Bonchev–Trinajstić information content (AvgIpc) is 2.94. The minimum absolute atomic E-state index is 0.0999. The summed E-state index contributed by atoms with van der Waals surface area (Å²) in [5.41, 5.74) is 1.65. The van der Waals surface area contributed by atoms with Crippen molar-refractivity contribution in [2.75, 3.05) is 5.32 Å². The van der Waals surface area contributed by atoms with E-state index in [0.717, 1.165) is 6.42 Å². The minimum atomic E-state index is -0.403. The van der Waals surface area contributed by atoms with Gasteiger partial charge < -0.3 is 15.2 Å². The van der Waals surface area contributed by atoms with Crippen LogP contribution in [0.5, 0.6) is 0 Å². The third kappa shape index (κ3) is 3.94. The quantitative estimate of drug-likeness (QED) is 0.889. The Morgan fingerprint density at radius 3 is 2.68 bits per heavy atom. The highest BCUT2D eigenvalue weighted by atomic mass is 16.5. The number of rotatable bonds is 5. The molecule has 1 aromatic heterocycles. The van der Waals surface area contributed by atoms with Crippen LogP contribution in [-0.2, 0) is 0 Å². The molecular weight excluding hydrogens is 282 g/mol. The first-order valence-electron chi connectivity index (χ1n) is 7.15. The van der Waals surface area contributed by atoms with E-state index in [0.29, 0.717) is 16.9 Å². The average molecular weight is 301 g/mol. The Morgan fingerprint density at radius 1 is 1.27 bits per heavy atom. The van der Waals surface area contributed by atoms with Crippen LogP contribution < -0.4 is 10.6 Å². The van der Waals surface area contributed by atoms with Crippen molar-refractivity contribution in [1.82, 2.24) is 10.5 Å². The fourth-order valence-corrected chi connectivity index (χ4v) is 1.81. The molecule has 2 rings (SSSR count). The van der Waals surface area contributed by atoms with Crippen molar-refractivity contribution in [3.05, 3.63) is 47.3 Å².